The Balaban J connectivity index is 1.64. The fourth-order valence-electron chi connectivity index (χ4n) is 3.32. The van der Waals surface area contributed by atoms with Crippen LogP contribution in [-0.2, 0) is 13.0 Å². The van der Waals surface area contributed by atoms with Gasteiger partial charge in [-0.3, -0.25) is 9.20 Å². The number of nitrogens with zero attached hydrogens (tertiary/aromatic N) is 2. The van der Waals surface area contributed by atoms with Crippen LogP contribution in [0.3, 0.4) is 0 Å². The highest BCUT2D eigenvalue weighted by Crippen LogP contribution is 2.24. The summed E-state index contributed by atoms with van der Waals surface area (Å²) in [5.41, 5.74) is 3.02. The Morgan fingerprint density at radius 2 is 2.00 bits per heavy atom. The van der Waals surface area contributed by atoms with Crippen LogP contribution in [0.1, 0.15) is 30.2 Å². The van der Waals surface area contributed by atoms with E-state index in [1.807, 2.05) is 31.2 Å². The third kappa shape index (κ3) is 3.41. The van der Waals surface area contributed by atoms with Crippen molar-refractivity contribution in [1.82, 2.24) is 9.38 Å². The van der Waals surface area contributed by atoms with Crippen molar-refractivity contribution < 1.29 is 9.15 Å². The van der Waals surface area contributed by atoms with Gasteiger partial charge in [-0.2, -0.15) is 0 Å². The number of pyridine rings is 1. The molecule has 0 aliphatic heterocycles. The Kier molecular flexibility index (Phi) is 4.69. The molecule has 0 aliphatic carbocycles. The molecule has 28 heavy (non-hydrogen) atoms. The van der Waals surface area contributed by atoms with Gasteiger partial charge >= 0.3 is 5.63 Å². The molecule has 0 aliphatic rings. The summed E-state index contributed by atoms with van der Waals surface area (Å²) < 4.78 is 12.7. The number of fused-ring (bicyclic) bond motifs is 2. The summed E-state index contributed by atoms with van der Waals surface area (Å²) in [5, 5.41) is 0.909. The molecular weight excluding hydrogens is 356 g/mol. The zero-order valence-corrected chi connectivity index (χ0v) is 15.8. The van der Waals surface area contributed by atoms with E-state index < -0.39 is 0 Å². The summed E-state index contributed by atoms with van der Waals surface area (Å²) in [5.74, 6) is 0.552. The second-order valence-electron chi connectivity index (χ2n) is 6.76. The highest BCUT2D eigenvalue weighted by atomic mass is 16.5. The van der Waals surface area contributed by atoms with E-state index in [4.69, 9.17) is 9.15 Å². The second kappa shape index (κ2) is 7.31. The zero-order valence-electron chi connectivity index (χ0n) is 15.8. The first kappa shape index (κ1) is 18.0. The third-order valence-electron chi connectivity index (χ3n) is 4.65. The first-order valence-corrected chi connectivity index (χ1v) is 9.22. The van der Waals surface area contributed by atoms with E-state index in [2.05, 4.69) is 11.9 Å². The van der Waals surface area contributed by atoms with Gasteiger partial charge in [-0.05, 0) is 42.7 Å². The van der Waals surface area contributed by atoms with E-state index in [9.17, 15) is 9.59 Å². The molecule has 0 N–H and O–H groups in total. The lowest BCUT2D eigenvalue weighted by Crippen LogP contribution is -2.17. The van der Waals surface area contributed by atoms with Crippen molar-refractivity contribution in [2.24, 2.45) is 0 Å². The van der Waals surface area contributed by atoms with E-state index >= 15 is 0 Å². The molecule has 6 heteroatoms. The zero-order chi connectivity index (χ0) is 19.7. The van der Waals surface area contributed by atoms with E-state index in [1.165, 1.54) is 10.5 Å². The second-order valence-corrected chi connectivity index (χ2v) is 6.76. The smallest absolute Gasteiger partial charge is 0.336 e. The standard InChI is InChI=1S/C22H20N2O4/c1-3-5-15-10-21(26)28-19-12-17(7-8-18(15)19)27-13-16-11-20(25)24-9-4-6-14(2)22(24)23-16/h4,6-12H,3,5,13H2,1-2H3. The van der Waals surface area contributed by atoms with Crippen LogP contribution in [0.2, 0.25) is 0 Å². The average molecular weight is 376 g/mol. The molecule has 0 saturated heterocycles. The molecule has 0 spiro atoms. The van der Waals surface area contributed by atoms with Gasteiger partial charge in [-0.15, -0.1) is 0 Å². The molecule has 6 nitrogen and oxygen atoms in total. The van der Waals surface area contributed by atoms with Gasteiger partial charge in [0.15, 0.2) is 0 Å². The van der Waals surface area contributed by atoms with Crippen molar-refractivity contribution >= 4 is 16.6 Å². The molecule has 4 rings (SSSR count). The molecule has 142 valence electrons. The van der Waals surface area contributed by atoms with Crippen molar-refractivity contribution in [2.45, 2.75) is 33.3 Å². The number of hydrogen-bond donors (Lipinski definition) is 0. The fourth-order valence-corrected chi connectivity index (χ4v) is 3.32. The molecule has 0 unspecified atom stereocenters. The monoisotopic (exact) mass is 376 g/mol. The Morgan fingerprint density at radius 1 is 1.14 bits per heavy atom. The number of aryl methyl sites for hydroxylation is 2. The van der Waals surface area contributed by atoms with Crippen LogP contribution in [-0.4, -0.2) is 9.38 Å². The minimum absolute atomic E-state index is 0.143. The number of rotatable bonds is 5. The fraction of sp³-hybridized carbons (Fsp3) is 0.227. The highest BCUT2D eigenvalue weighted by molar-refractivity contribution is 5.81. The van der Waals surface area contributed by atoms with Crippen LogP contribution in [0.25, 0.3) is 16.6 Å². The number of benzene rings is 1. The number of ether oxygens (including phenoxy) is 1. The van der Waals surface area contributed by atoms with Crippen molar-refractivity contribution in [1.29, 1.82) is 0 Å². The van der Waals surface area contributed by atoms with E-state index in [-0.39, 0.29) is 17.8 Å². The van der Waals surface area contributed by atoms with E-state index in [0.29, 0.717) is 22.7 Å². The largest absolute Gasteiger partial charge is 0.487 e. The maximum absolute atomic E-state index is 12.3. The minimum atomic E-state index is -0.368. The molecule has 3 aromatic heterocycles. The summed E-state index contributed by atoms with van der Waals surface area (Å²) >= 11 is 0. The summed E-state index contributed by atoms with van der Waals surface area (Å²) in [6.07, 6.45) is 3.45. The Labute approximate surface area is 161 Å². The van der Waals surface area contributed by atoms with Crippen molar-refractivity contribution in [3.05, 3.63) is 86.3 Å². The quantitative estimate of drug-likeness (QED) is 0.497. The van der Waals surface area contributed by atoms with E-state index in [0.717, 1.165) is 29.4 Å². The Morgan fingerprint density at radius 3 is 2.82 bits per heavy atom. The van der Waals surface area contributed by atoms with Crippen molar-refractivity contribution in [3.8, 4) is 5.75 Å². The molecule has 0 atom stereocenters. The first-order valence-electron chi connectivity index (χ1n) is 9.22. The van der Waals surface area contributed by atoms with Gasteiger partial charge in [-0.1, -0.05) is 19.4 Å². The molecule has 0 amide bonds. The molecule has 0 fully saturated rings. The van der Waals surface area contributed by atoms with Gasteiger partial charge in [-0.25, -0.2) is 9.78 Å². The van der Waals surface area contributed by atoms with Crippen molar-refractivity contribution in [3.63, 3.8) is 0 Å². The van der Waals surface area contributed by atoms with Gasteiger partial charge in [0.1, 0.15) is 23.6 Å². The van der Waals surface area contributed by atoms with Gasteiger partial charge in [0.05, 0.1) is 5.69 Å². The van der Waals surface area contributed by atoms with Gasteiger partial charge in [0.2, 0.25) is 0 Å². The predicted octanol–water partition coefficient (Wildman–Crippen LogP) is 3.64. The Bertz CT molecular complexity index is 1290. The van der Waals surface area contributed by atoms with Crippen LogP contribution < -0.4 is 15.9 Å². The highest BCUT2D eigenvalue weighted by Gasteiger charge is 2.09. The molecule has 3 heterocycles. The minimum Gasteiger partial charge on any atom is -0.487 e. The maximum atomic E-state index is 12.3. The summed E-state index contributed by atoms with van der Waals surface area (Å²) in [4.78, 5) is 28.6. The third-order valence-corrected chi connectivity index (χ3v) is 4.65. The lowest BCUT2D eigenvalue weighted by molar-refractivity contribution is 0.301. The van der Waals surface area contributed by atoms with Crippen LogP contribution in [0.5, 0.6) is 5.75 Å². The molecule has 1 aromatic carbocycles. The topological polar surface area (TPSA) is 73.8 Å². The summed E-state index contributed by atoms with van der Waals surface area (Å²) in [6, 6.07) is 12.2. The average Bonchev–Trinajstić information content (AvgIpc) is 2.67. The lowest BCUT2D eigenvalue weighted by atomic mass is 10.1. The molecule has 4 aromatic rings. The molecule has 0 radical (unpaired) electrons. The summed E-state index contributed by atoms with van der Waals surface area (Å²) in [6.45, 7) is 4.12. The number of aromatic nitrogens is 2. The lowest BCUT2D eigenvalue weighted by Gasteiger charge is -2.09. The van der Waals surface area contributed by atoms with Crippen LogP contribution in [0.4, 0.5) is 0 Å². The Hall–Kier alpha value is -3.41. The van der Waals surface area contributed by atoms with Crippen LogP contribution in [0, 0.1) is 6.92 Å². The van der Waals surface area contributed by atoms with Crippen molar-refractivity contribution in [2.75, 3.05) is 0 Å². The predicted molar refractivity (Wildman–Crippen MR) is 107 cm³/mol. The molecule has 0 saturated carbocycles. The SMILES string of the molecule is CCCc1cc(=O)oc2cc(OCc3cc(=O)n4cccc(C)c4n3)ccc12. The van der Waals surface area contributed by atoms with Crippen LogP contribution in [0.15, 0.2) is 62.7 Å². The normalized spacial score (nSPS) is 11.2. The summed E-state index contributed by atoms with van der Waals surface area (Å²) in [7, 11) is 0. The van der Waals surface area contributed by atoms with Crippen LogP contribution >= 0.6 is 0 Å². The van der Waals surface area contributed by atoms with Gasteiger partial charge in [0, 0.05) is 29.8 Å². The molecular formula is C22H20N2O4. The first-order chi connectivity index (χ1) is 13.5. The molecule has 0 bridgehead atoms. The van der Waals surface area contributed by atoms with Gasteiger partial charge in [0.25, 0.3) is 5.56 Å². The van der Waals surface area contributed by atoms with E-state index in [1.54, 1.807) is 18.3 Å². The van der Waals surface area contributed by atoms with Gasteiger partial charge < -0.3 is 9.15 Å². The maximum Gasteiger partial charge on any atom is 0.336 e. The number of hydrogen-bond acceptors (Lipinski definition) is 5.